The van der Waals surface area contributed by atoms with E-state index < -0.39 is 22.0 Å². The van der Waals surface area contributed by atoms with Crippen molar-refractivity contribution in [2.45, 2.75) is 24.3 Å². The van der Waals surface area contributed by atoms with Crippen molar-refractivity contribution in [3.8, 4) is 5.75 Å². The van der Waals surface area contributed by atoms with E-state index in [1.54, 1.807) is 0 Å². The van der Waals surface area contributed by atoms with Crippen molar-refractivity contribution < 1.29 is 23.1 Å². The van der Waals surface area contributed by atoms with Crippen LogP contribution in [-0.2, 0) is 21.2 Å². The number of aromatic nitrogens is 2. The summed E-state index contributed by atoms with van der Waals surface area (Å²) in [5.41, 5.74) is 0.480. The molecule has 1 heterocycles. The minimum absolute atomic E-state index is 0.0585. The van der Waals surface area contributed by atoms with E-state index in [9.17, 15) is 18.3 Å². The van der Waals surface area contributed by atoms with E-state index in [4.69, 9.17) is 4.74 Å². The maximum absolute atomic E-state index is 12.3. The number of imidazole rings is 1. The Morgan fingerprint density at radius 3 is 2.61 bits per heavy atom. The molecule has 0 saturated heterocycles. The van der Waals surface area contributed by atoms with Gasteiger partial charge in [0.25, 0.3) is 0 Å². The van der Waals surface area contributed by atoms with Crippen LogP contribution in [0.1, 0.15) is 12.6 Å². The second-order valence-electron chi connectivity index (χ2n) is 4.68. The van der Waals surface area contributed by atoms with Gasteiger partial charge in [0, 0.05) is 18.3 Å². The maximum atomic E-state index is 12.3. The quantitative estimate of drug-likeness (QED) is 0.665. The highest BCUT2D eigenvalue weighted by Crippen LogP contribution is 2.16. The fourth-order valence-electron chi connectivity index (χ4n) is 1.93. The molecule has 1 atom stereocenters. The van der Waals surface area contributed by atoms with Crippen molar-refractivity contribution in [3.63, 3.8) is 0 Å². The smallest absolute Gasteiger partial charge is 0.241 e. The number of H-pyrrole nitrogens is 1. The third kappa shape index (κ3) is 4.54. The second-order valence-corrected chi connectivity index (χ2v) is 6.39. The fourth-order valence-corrected chi connectivity index (χ4v) is 3.11. The van der Waals surface area contributed by atoms with Gasteiger partial charge in [-0.05, 0) is 31.2 Å². The zero-order valence-corrected chi connectivity index (χ0v) is 13.2. The molecule has 8 nitrogen and oxygen atoms in total. The van der Waals surface area contributed by atoms with E-state index in [0.29, 0.717) is 18.1 Å². The topological polar surface area (TPSA) is 124 Å². The zero-order chi connectivity index (χ0) is 16.9. The zero-order valence-electron chi connectivity index (χ0n) is 12.4. The van der Waals surface area contributed by atoms with Crippen LogP contribution in [0.3, 0.4) is 0 Å². The van der Waals surface area contributed by atoms with Crippen molar-refractivity contribution >= 4 is 16.0 Å². The third-order valence-electron chi connectivity index (χ3n) is 3.01. The maximum Gasteiger partial charge on any atom is 0.241 e. The Hall–Kier alpha value is -2.39. The van der Waals surface area contributed by atoms with Gasteiger partial charge in [0.2, 0.25) is 10.0 Å². The number of ether oxygens (including phenoxy) is 1. The standard InChI is InChI=1S/C14H17N3O5S/c1-2-22-11-3-5-12(6-4-11)23(20,21)17-13(14(18)19)7-10-8-15-9-16-10/h3-6,8-9,13,17H,2,7H2,1H3,(H,15,16)(H,18,19)/p-1/t13-/m0/s1. The van der Waals surface area contributed by atoms with Crippen molar-refractivity contribution in [1.29, 1.82) is 0 Å². The molecule has 0 bridgehead atoms. The molecule has 9 heteroatoms. The number of rotatable bonds is 8. The third-order valence-corrected chi connectivity index (χ3v) is 4.49. The van der Waals surface area contributed by atoms with Gasteiger partial charge < -0.3 is 19.6 Å². The highest BCUT2D eigenvalue weighted by atomic mass is 32.2. The molecular weight excluding hydrogens is 322 g/mol. The van der Waals surface area contributed by atoms with E-state index in [0.717, 1.165) is 0 Å². The molecule has 0 aliphatic rings. The number of aliphatic carboxylic acids is 1. The minimum Gasteiger partial charge on any atom is -0.548 e. The van der Waals surface area contributed by atoms with E-state index in [1.807, 2.05) is 6.92 Å². The highest BCUT2D eigenvalue weighted by Gasteiger charge is 2.21. The number of nitrogens with one attached hydrogen (secondary N) is 2. The summed E-state index contributed by atoms with van der Waals surface area (Å²) in [7, 11) is -4.00. The molecule has 0 aliphatic carbocycles. The second kappa shape index (κ2) is 7.25. The van der Waals surface area contributed by atoms with Gasteiger partial charge >= 0.3 is 0 Å². The Morgan fingerprint density at radius 1 is 1.39 bits per heavy atom. The summed E-state index contributed by atoms with van der Waals surface area (Å²) in [6.07, 6.45) is 2.70. The largest absolute Gasteiger partial charge is 0.548 e. The summed E-state index contributed by atoms with van der Waals surface area (Å²) in [6.45, 7) is 2.27. The van der Waals surface area contributed by atoms with Gasteiger partial charge in [-0.2, -0.15) is 0 Å². The van der Waals surface area contributed by atoms with E-state index in [1.165, 1.54) is 36.8 Å². The number of hydrogen-bond donors (Lipinski definition) is 2. The number of nitrogens with zero attached hydrogens (tertiary/aromatic N) is 1. The average Bonchev–Trinajstić information content (AvgIpc) is 3.00. The Labute approximate surface area is 133 Å². The number of benzene rings is 1. The van der Waals surface area contributed by atoms with Crippen molar-refractivity contribution in [1.82, 2.24) is 14.7 Å². The molecule has 1 aromatic heterocycles. The van der Waals surface area contributed by atoms with Gasteiger partial charge in [0.05, 0.1) is 29.8 Å². The summed E-state index contributed by atoms with van der Waals surface area (Å²) in [4.78, 5) is 17.6. The summed E-state index contributed by atoms with van der Waals surface area (Å²) in [5, 5.41) is 11.2. The number of carbonyl (C=O) groups excluding carboxylic acids is 1. The Kier molecular flexibility index (Phi) is 5.35. The van der Waals surface area contributed by atoms with Crippen molar-refractivity contribution in [2.24, 2.45) is 0 Å². The molecule has 0 aliphatic heterocycles. The molecule has 0 radical (unpaired) electrons. The summed E-state index contributed by atoms with van der Waals surface area (Å²) < 4.78 is 31.9. The SMILES string of the molecule is CCOc1ccc(S(=O)(=O)N[C@@H](Cc2cnc[nH]2)C(=O)[O-])cc1. The van der Waals surface area contributed by atoms with E-state index in [2.05, 4.69) is 14.7 Å². The molecule has 2 aromatic rings. The molecule has 124 valence electrons. The fraction of sp³-hybridized carbons (Fsp3) is 0.286. The van der Waals surface area contributed by atoms with E-state index in [-0.39, 0.29) is 11.3 Å². The summed E-state index contributed by atoms with van der Waals surface area (Å²) in [6, 6.07) is 4.28. The number of hydrogen-bond acceptors (Lipinski definition) is 6. The molecule has 0 unspecified atom stereocenters. The molecule has 23 heavy (non-hydrogen) atoms. The average molecular weight is 338 g/mol. The van der Waals surface area contributed by atoms with Gasteiger partial charge in [-0.25, -0.2) is 18.1 Å². The van der Waals surface area contributed by atoms with Crippen LogP contribution in [0.15, 0.2) is 41.7 Å². The van der Waals surface area contributed by atoms with Crippen LogP contribution in [0.2, 0.25) is 0 Å². The molecule has 1 aromatic carbocycles. The summed E-state index contributed by atoms with van der Waals surface area (Å²) in [5.74, 6) is -0.991. The van der Waals surface area contributed by atoms with Gasteiger partial charge in [-0.15, -0.1) is 0 Å². The number of carboxylic acid groups (broad SMARTS) is 1. The predicted octanol–water partition coefficient (Wildman–Crippen LogP) is -0.552. The first-order valence-electron chi connectivity index (χ1n) is 6.85. The van der Waals surface area contributed by atoms with Gasteiger partial charge in [0.15, 0.2) is 0 Å². The highest BCUT2D eigenvalue weighted by molar-refractivity contribution is 7.89. The van der Waals surface area contributed by atoms with Gasteiger partial charge in [-0.3, -0.25) is 0 Å². The van der Waals surface area contributed by atoms with Gasteiger partial charge in [-0.1, -0.05) is 0 Å². The number of carboxylic acids is 1. The Morgan fingerprint density at radius 2 is 2.09 bits per heavy atom. The van der Waals surface area contributed by atoms with Gasteiger partial charge in [0.1, 0.15) is 5.75 Å². The van der Waals surface area contributed by atoms with Crippen LogP contribution in [0.25, 0.3) is 0 Å². The molecule has 2 rings (SSSR count). The lowest BCUT2D eigenvalue weighted by molar-refractivity contribution is -0.307. The first-order valence-corrected chi connectivity index (χ1v) is 8.34. The number of carbonyl (C=O) groups is 1. The first kappa shape index (κ1) is 17.0. The lowest BCUT2D eigenvalue weighted by atomic mass is 10.2. The Bertz CT molecular complexity index is 741. The predicted molar refractivity (Wildman–Crippen MR) is 79.0 cm³/mol. The molecular formula is C14H16N3O5S-. The van der Waals surface area contributed by atoms with Crippen LogP contribution in [0, 0.1) is 0 Å². The summed E-state index contributed by atoms with van der Waals surface area (Å²) >= 11 is 0. The molecule has 0 fully saturated rings. The van der Waals surface area contributed by atoms with Crippen LogP contribution in [0.5, 0.6) is 5.75 Å². The van der Waals surface area contributed by atoms with Crippen molar-refractivity contribution in [3.05, 3.63) is 42.5 Å². The Balaban J connectivity index is 2.15. The van der Waals surface area contributed by atoms with E-state index >= 15 is 0 Å². The lowest BCUT2D eigenvalue weighted by Gasteiger charge is -2.19. The van der Waals surface area contributed by atoms with Crippen molar-refractivity contribution in [2.75, 3.05) is 6.61 Å². The first-order chi connectivity index (χ1) is 10.9. The van der Waals surface area contributed by atoms with Crippen LogP contribution in [-0.4, -0.2) is 37.0 Å². The normalized spacial score (nSPS) is 12.7. The number of aromatic amines is 1. The van der Waals surface area contributed by atoms with Crippen LogP contribution < -0.4 is 14.6 Å². The van der Waals surface area contributed by atoms with Crippen LogP contribution >= 0.6 is 0 Å². The molecule has 0 spiro atoms. The number of sulfonamides is 1. The molecule has 0 saturated carbocycles. The van der Waals surface area contributed by atoms with Crippen LogP contribution in [0.4, 0.5) is 0 Å². The molecule has 0 amide bonds. The molecule has 2 N–H and O–H groups in total. The lowest BCUT2D eigenvalue weighted by Crippen LogP contribution is -2.49. The minimum atomic E-state index is -4.00. The monoisotopic (exact) mass is 338 g/mol.